The summed E-state index contributed by atoms with van der Waals surface area (Å²) < 4.78 is 16.0. The van der Waals surface area contributed by atoms with E-state index < -0.39 is 0 Å². The maximum atomic E-state index is 12.4. The van der Waals surface area contributed by atoms with Crippen LogP contribution in [0.2, 0.25) is 0 Å². The first-order valence-corrected chi connectivity index (χ1v) is 9.34. The molecule has 0 heterocycles. The Hall–Kier alpha value is -2.17. The minimum atomic E-state index is -0.0721. The van der Waals surface area contributed by atoms with Crippen LogP contribution in [-0.2, 0) is 4.79 Å². The maximum absolute atomic E-state index is 12.4. The Morgan fingerprint density at radius 2 is 1.77 bits per heavy atom. The van der Waals surface area contributed by atoms with Crippen LogP contribution in [0.25, 0.3) is 6.08 Å². The standard InChI is InChI=1S/C21H29NO4/c1-13(17-10-14-5-6-15(17)9-14)22-21(23)8-7-16-11-19(25-3)20(26-4)12-18(16)24-2/h7-8,11-15,17H,5-6,9-10H2,1-4H3,(H,22,23)/b8-7+. The van der Waals surface area contributed by atoms with Crippen LogP contribution in [0.4, 0.5) is 0 Å². The van der Waals surface area contributed by atoms with Crippen LogP contribution in [0.3, 0.4) is 0 Å². The highest BCUT2D eigenvalue weighted by Crippen LogP contribution is 2.49. The SMILES string of the molecule is COc1cc(OC)c(OC)cc1/C=C/C(=O)NC(C)C1CC2CCC1C2. The largest absolute Gasteiger partial charge is 0.496 e. The van der Waals surface area contributed by atoms with E-state index in [0.717, 1.165) is 17.4 Å². The Bertz CT molecular complexity index is 685. The van der Waals surface area contributed by atoms with Crippen LogP contribution in [0, 0.1) is 17.8 Å². The van der Waals surface area contributed by atoms with E-state index in [4.69, 9.17) is 14.2 Å². The Morgan fingerprint density at radius 1 is 1.08 bits per heavy atom. The van der Waals surface area contributed by atoms with Gasteiger partial charge in [-0.3, -0.25) is 4.79 Å². The third-order valence-electron chi connectivity index (χ3n) is 5.96. The molecular weight excluding hydrogens is 330 g/mol. The molecular formula is C21H29NO4. The van der Waals surface area contributed by atoms with Gasteiger partial charge in [0.25, 0.3) is 0 Å². The summed E-state index contributed by atoms with van der Waals surface area (Å²) >= 11 is 0. The topological polar surface area (TPSA) is 56.8 Å². The number of fused-ring (bicyclic) bond motifs is 2. The number of amides is 1. The summed E-state index contributed by atoms with van der Waals surface area (Å²) in [5.41, 5.74) is 0.771. The van der Waals surface area contributed by atoms with Crippen molar-refractivity contribution in [1.29, 1.82) is 0 Å². The number of carbonyl (C=O) groups excluding carboxylic acids is 1. The predicted octanol–water partition coefficient (Wildman–Crippen LogP) is 3.67. The molecule has 2 fully saturated rings. The lowest BCUT2D eigenvalue weighted by atomic mass is 9.84. The van der Waals surface area contributed by atoms with Crippen LogP contribution in [0.5, 0.6) is 17.2 Å². The Balaban J connectivity index is 1.66. The maximum Gasteiger partial charge on any atom is 0.244 e. The number of methoxy groups -OCH3 is 3. The van der Waals surface area contributed by atoms with Crippen molar-refractivity contribution in [3.63, 3.8) is 0 Å². The average Bonchev–Trinajstić information content (AvgIpc) is 3.29. The van der Waals surface area contributed by atoms with Crippen LogP contribution in [0.1, 0.15) is 38.2 Å². The third kappa shape index (κ3) is 3.81. The second kappa shape index (κ2) is 8.02. The molecule has 2 aliphatic rings. The zero-order valence-electron chi connectivity index (χ0n) is 16.1. The number of nitrogens with one attached hydrogen (secondary N) is 1. The number of ether oxygens (including phenoxy) is 3. The van der Waals surface area contributed by atoms with Gasteiger partial charge in [0, 0.05) is 23.7 Å². The van der Waals surface area contributed by atoms with Crippen molar-refractivity contribution in [3.8, 4) is 17.2 Å². The summed E-state index contributed by atoms with van der Waals surface area (Å²) in [7, 11) is 4.76. The van der Waals surface area contributed by atoms with Crippen molar-refractivity contribution in [2.75, 3.05) is 21.3 Å². The Kier molecular flexibility index (Phi) is 5.74. The highest BCUT2D eigenvalue weighted by Gasteiger charge is 2.41. The third-order valence-corrected chi connectivity index (χ3v) is 5.96. The predicted molar refractivity (Wildman–Crippen MR) is 102 cm³/mol. The lowest BCUT2D eigenvalue weighted by molar-refractivity contribution is -0.117. The van der Waals surface area contributed by atoms with E-state index in [1.165, 1.54) is 25.7 Å². The van der Waals surface area contributed by atoms with Crippen LogP contribution in [0.15, 0.2) is 18.2 Å². The number of carbonyl (C=O) groups is 1. The average molecular weight is 359 g/mol. The molecule has 3 rings (SSSR count). The molecule has 0 spiro atoms. The van der Waals surface area contributed by atoms with Crippen molar-refractivity contribution in [3.05, 3.63) is 23.8 Å². The van der Waals surface area contributed by atoms with E-state index in [9.17, 15) is 4.79 Å². The second-order valence-electron chi connectivity index (χ2n) is 7.42. The first kappa shape index (κ1) is 18.6. The first-order chi connectivity index (χ1) is 12.5. The first-order valence-electron chi connectivity index (χ1n) is 9.34. The molecule has 4 atom stereocenters. The molecule has 5 heteroatoms. The zero-order chi connectivity index (χ0) is 18.7. The van der Waals surface area contributed by atoms with Gasteiger partial charge in [-0.15, -0.1) is 0 Å². The van der Waals surface area contributed by atoms with Gasteiger partial charge in [0.15, 0.2) is 11.5 Å². The minimum Gasteiger partial charge on any atom is -0.496 e. The van der Waals surface area contributed by atoms with Crippen LogP contribution >= 0.6 is 0 Å². The molecule has 0 aliphatic heterocycles. The van der Waals surface area contributed by atoms with E-state index in [1.54, 1.807) is 45.6 Å². The number of benzene rings is 1. The van der Waals surface area contributed by atoms with Crippen molar-refractivity contribution < 1.29 is 19.0 Å². The molecule has 0 radical (unpaired) electrons. The van der Waals surface area contributed by atoms with E-state index in [2.05, 4.69) is 12.2 Å². The van der Waals surface area contributed by atoms with Crippen LogP contribution in [-0.4, -0.2) is 33.3 Å². The molecule has 2 aliphatic carbocycles. The van der Waals surface area contributed by atoms with Gasteiger partial charge < -0.3 is 19.5 Å². The lowest BCUT2D eigenvalue weighted by Crippen LogP contribution is -2.39. The molecule has 0 aromatic heterocycles. The van der Waals surface area contributed by atoms with Gasteiger partial charge in [-0.25, -0.2) is 0 Å². The molecule has 2 bridgehead atoms. The van der Waals surface area contributed by atoms with E-state index >= 15 is 0 Å². The molecule has 26 heavy (non-hydrogen) atoms. The zero-order valence-corrected chi connectivity index (χ0v) is 16.1. The van der Waals surface area contributed by atoms with Gasteiger partial charge in [0.05, 0.1) is 21.3 Å². The Morgan fingerprint density at radius 3 is 2.35 bits per heavy atom. The quantitative estimate of drug-likeness (QED) is 0.755. The van der Waals surface area contributed by atoms with Crippen molar-refractivity contribution in [2.45, 2.75) is 38.6 Å². The van der Waals surface area contributed by atoms with E-state index in [1.807, 2.05) is 0 Å². The van der Waals surface area contributed by atoms with Gasteiger partial charge in [-0.05, 0) is 56.1 Å². The molecule has 142 valence electrons. The lowest BCUT2D eigenvalue weighted by Gasteiger charge is -2.28. The van der Waals surface area contributed by atoms with E-state index in [-0.39, 0.29) is 11.9 Å². The molecule has 0 saturated heterocycles. The summed E-state index contributed by atoms with van der Waals surface area (Å²) in [6.45, 7) is 2.13. The van der Waals surface area contributed by atoms with Gasteiger partial charge in [-0.2, -0.15) is 0 Å². The minimum absolute atomic E-state index is 0.0721. The van der Waals surface area contributed by atoms with E-state index in [0.29, 0.717) is 23.2 Å². The molecule has 5 nitrogen and oxygen atoms in total. The molecule has 1 aromatic rings. The molecule has 2 saturated carbocycles. The highest BCUT2D eigenvalue weighted by atomic mass is 16.5. The smallest absolute Gasteiger partial charge is 0.244 e. The monoisotopic (exact) mass is 359 g/mol. The summed E-state index contributed by atoms with van der Waals surface area (Å²) in [5.74, 6) is 4.06. The normalized spacial score (nSPS) is 25.3. The van der Waals surface area contributed by atoms with Crippen molar-refractivity contribution in [1.82, 2.24) is 5.32 Å². The fourth-order valence-corrected chi connectivity index (χ4v) is 4.63. The van der Waals surface area contributed by atoms with Gasteiger partial charge in [0.2, 0.25) is 5.91 Å². The molecule has 1 amide bonds. The van der Waals surface area contributed by atoms with Gasteiger partial charge >= 0.3 is 0 Å². The number of rotatable bonds is 7. The summed E-state index contributed by atoms with van der Waals surface area (Å²) in [6.07, 6.45) is 8.63. The Labute approximate surface area is 155 Å². The summed E-state index contributed by atoms with van der Waals surface area (Å²) in [6, 6.07) is 3.78. The fourth-order valence-electron chi connectivity index (χ4n) is 4.63. The number of hydrogen-bond acceptors (Lipinski definition) is 4. The fraction of sp³-hybridized carbons (Fsp3) is 0.571. The van der Waals surface area contributed by atoms with Gasteiger partial charge in [-0.1, -0.05) is 6.42 Å². The molecule has 1 N–H and O–H groups in total. The summed E-state index contributed by atoms with van der Waals surface area (Å²) in [5, 5.41) is 3.14. The van der Waals surface area contributed by atoms with Crippen molar-refractivity contribution in [2.24, 2.45) is 17.8 Å². The van der Waals surface area contributed by atoms with Crippen LogP contribution < -0.4 is 19.5 Å². The van der Waals surface area contributed by atoms with Gasteiger partial charge in [0.1, 0.15) is 5.75 Å². The van der Waals surface area contributed by atoms with Crippen molar-refractivity contribution >= 4 is 12.0 Å². The highest BCUT2D eigenvalue weighted by molar-refractivity contribution is 5.92. The number of hydrogen-bond donors (Lipinski definition) is 1. The second-order valence-corrected chi connectivity index (χ2v) is 7.42. The molecule has 1 aromatic carbocycles. The molecule has 4 unspecified atom stereocenters. The summed E-state index contributed by atoms with van der Waals surface area (Å²) in [4.78, 5) is 12.4.